The van der Waals surface area contributed by atoms with Gasteiger partial charge in [-0.1, -0.05) is 22.9 Å². The van der Waals surface area contributed by atoms with Crippen LogP contribution in [0.5, 0.6) is 0 Å². The summed E-state index contributed by atoms with van der Waals surface area (Å²) in [6.07, 6.45) is -1.06. The van der Waals surface area contributed by atoms with Gasteiger partial charge in [-0.2, -0.15) is 0 Å². The van der Waals surface area contributed by atoms with Crippen molar-refractivity contribution in [3.63, 3.8) is 0 Å². The highest BCUT2D eigenvalue weighted by Crippen LogP contribution is 2.34. The number of amides is 1. The molecule has 0 saturated carbocycles. The molecule has 1 heterocycles. The topological polar surface area (TPSA) is 53.4 Å². The molecule has 1 amide bonds. The lowest BCUT2D eigenvalue weighted by Crippen LogP contribution is -2.22. The second-order valence-electron chi connectivity index (χ2n) is 1.90. The third-order valence-corrected chi connectivity index (χ3v) is 3.09. The van der Waals surface area contributed by atoms with Crippen molar-refractivity contribution < 1.29 is 9.90 Å². The highest BCUT2D eigenvalue weighted by Gasteiger charge is 2.16. The van der Waals surface area contributed by atoms with Gasteiger partial charge in [-0.25, -0.2) is 9.78 Å². The molecule has 7 heteroatoms. The first kappa shape index (κ1) is 9.76. The van der Waals surface area contributed by atoms with E-state index in [1.807, 2.05) is 0 Å². The lowest BCUT2D eigenvalue weighted by Gasteiger charge is -2.08. The second-order valence-corrected chi connectivity index (χ2v) is 4.52. The Morgan fingerprint density at radius 1 is 1.83 bits per heavy atom. The largest absolute Gasteiger partial charge is 0.465 e. The summed E-state index contributed by atoms with van der Waals surface area (Å²) in [7, 11) is 1.41. The van der Waals surface area contributed by atoms with Crippen molar-refractivity contribution in [3.05, 3.63) is 9.07 Å². The lowest BCUT2D eigenvalue weighted by atomic mass is 10.7. The molecule has 0 aromatic carbocycles. The minimum Gasteiger partial charge on any atom is -0.465 e. The van der Waals surface area contributed by atoms with Gasteiger partial charge in [0.05, 0.1) is 0 Å². The van der Waals surface area contributed by atoms with Crippen LogP contribution >= 0.6 is 38.9 Å². The van der Waals surface area contributed by atoms with Gasteiger partial charge in [-0.15, -0.1) is 0 Å². The van der Waals surface area contributed by atoms with Crippen LogP contribution in [0.1, 0.15) is 0 Å². The molecule has 0 bridgehead atoms. The van der Waals surface area contributed by atoms with Gasteiger partial charge in [0.25, 0.3) is 0 Å². The molecule has 0 aliphatic rings. The summed E-state index contributed by atoms with van der Waals surface area (Å²) in [6, 6.07) is 0. The fourth-order valence-corrected chi connectivity index (χ4v) is 2.32. The number of aromatic nitrogens is 1. The van der Waals surface area contributed by atoms with Crippen molar-refractivity contribution in [2.24, 2.45) is 0 Å². The zero-order chi connectivity index (χ0) is 9.30. The molecule has 1 aromatic rings. The molecule has 0 saturated heterocycles. The first-order chi connectivity index (χ1) is 5.52. The average molecular weight is 272 g/mol. The second kappa shape index (κ2) is 3.59. The van der Waals surface area contributed by atoms with Crippen LogP contribution < -0.4 is 4.90 Å². The number of rotatable bonds is 1. The standard InChI is InChI=1S/C5H4BrClN2O2S/c1-9(5(10)11)3-2(7)8-4(6)12-3/h1H3,(H,10,11). The van der Waals surface area contributed by atoms with Crippen LogP contribution in [0, 0.1) is 0 Å². The molecule has 0 aliphatic carbocycles. The van der Waals surface area contributed by atoms with Crippen molar-refractivity contribution in [1.82, 2.24) is 4.98 Å². The third kappa shape index (κ3) is 1.88. The Morgan fingerprint density at radius 2 is 2.42 bits per heavy atom. The Labute approximate surface area is 85.9 Å². The van der Waals surface area contributed by atoms with Crippen LogP contribution in [0.3, 0.4) is 0 Å². The van der Waals surface area contributed by atoms with Crippen LogP contribution in [-0.4, -0.2) is 23.2 Å². The van der Waals surface area contributed by atoms with E-state index in [1.165, 1.54) is 18.4 Å². The van der Waals surface area contributed by atoms with Gasteiger partial charge < -0.3 is 5.11 Å². The zero-order valence-electron chi connectivity index (χ0n) is 5.91. The van der Waals surface area contributed by atoms with Crippen LogP contribution in [0.25, 0.3) is 0 Å². The summed E-state index contributed by atoms with van der Waals surface area (Å²) in [5.41, 5.74) is 0. The van der Waals surface area contributed by atoms with Crippen molar-refractivity contribution in [2.45, 2.75) is 0 Å². The molecule has 0 spiro atoms. The van der Waals surface area contributed by atoms with Gasteiger partial charge in [-0.3, -0.25) is 4.90 Å². The van der Waals surface area contributed by atoms with E-state index in [1.54, 1.807) is 0 Å². The van der Waals surface area contributed by atoms with E-state index in [4.69, 9.17) is 16.7 Å². The third-order valence-electron chi connectivity index (χ3n) is 1.13. The Balaban J connectivity index is 3.02. The fraction of sp³-hybridized carbons (Fsp3) is 0.200. The highest BCUT2D eigenvalue weighted by atomic mass is 79.9. The lowest BCUT2D eigenvalue weighted by molar-refractivity contribution is 0.203. The summed E-state index contributed by atoms with van der Waals surface area (Å²) >= 11 is 9.92. The number of hydrogen-bond donors (Lipinski definition) is 1. The van der Waals surface area contributed by atoms with Crippen LogP contribution in [-0.2, 0) is 0 Å². The number of anilines is 1. The smallest absolute Gasteiger partial charge is 0.412 e. The van der Waals surface area contributed by atoms with Gasteiger partial charge in [0, 0.05) is 7.05 Å². The fourth-order valence-electron chi connectivity index (χ4n) is 0.563. The zero-order valence-corrected chi connectivity index (χ0v) is 9.07. The molecule has 0 aliphatic heterocycles. The molecule has 0 atom stereocenters. The van der Waals surface area contributed by atoms with Gasteiger partial charge in [0.2, 0.25) is 0 Å². The summed E-state index contributed by atoms with van der Waals surface area (Å²) in [5, 5.41) is 9.20. The van der Waals surface area contributed by atoms with Crippen molar-refractivity contribution in [3.8, 4) is 0 Å². The summed E-state index contributed by atoms with van der Waals surface area (Å²) in [6.45, 7) is 0. The Bertz CT molecular complexity index is 316. The molecular weight excluding hydrogens is 267 g/mol. The molecule has 1 N–H and O–H groups in total. The number of carboxylic acid groups (broad SMARTS) is 1. The van der Waals surface area contributed by atoms with E-state index in [9.17, 15) is 4.79 Å². The first-order valence-corrected chi connectivity index (χ1v) is 4.79. The Kier molecular flexibility index (Phi) is 2.92. The van der Waals surface area contributed by atoms with Gasteiger partial charge in [0.15, 0.2) is 9.07 Å². The van der Waals surface area contributed by atoms with Gasteiger partial charge >= 0.3 is 6.09 Å². The van der Waals surface area contributed by atoms with Crippen LogP contribution in [0.2, 0.25) is 5.15 Å². The van der Waals surface area contributed by atoms with Crippen molar-refractivity contribution in [1.29, 1.82) is 0 Å². The number of halogens is 2. The molecule has 0 radical (unpaired) electrons. The molecule has 0 unspecified atom stereocenters. The Hall–Kier alpha value is -0.330. The first-order valence-electron chi connectivity index (χ1n) is 2.81. The van der Waals surface area contributed by atoms with Crippen molar-refractivity contribution in [2.75, 3.05) is 11.9 Å². The number of nitrogens with zero attached hydrogens (tertiary/aromatic N) is 2. The number of thiazole rings is 1. The Morgan fingerprint density at radius 3 is 2.75 bits per heavy atom. The molecule has 12 heavy (non-hydrogen) atoms. The highest BCUT2D eigenvalue weighted by molar-refractivity contribution is 9.11. The summed E-state index contributed by atoms with van der Waals surface area (Å²) < 4.78 is 0.565. The maximum Gasteiger partial charge on any atom is 0.412 e. The SMILES string of the molecule is CN(C(=O)O)c1sc(Br)nc1Cl. The molecule has 1 aromatic heterocycles. The normalized spacial score (nSPS) is 9.92. The monoisotopic (exact) mass is 270 g/mol. The van der Waals surface area contributed by atoms with Gasteiger partial charge in [-0.05, 0) is 15.9 Å². The number of carbonyl (C=O) groups is 1. The average Bonchev–Trinajstić information content (AvgIpc) is 2.28. The van der Waals surface area contributed by atoms with Crippen LogP contribution in [0.4, 0.5) is 9.80 Å². The van der Waals surface area contributed by atoms with Crippen LogP contribution in [0.15, 0.2) is 3.92 Å². The predicted molar refractivity (Wildman–Crippen MR) is 51.3 cm³/mol. The minimum absolute atomic E-state index is 0.191. The van der Waals surface area contributed by atoms with Gasteiger partial charge in [0.1, 0.15) is 5.00 Å². The minimum atomic E-state index is -1.06. The molecule has 66 valence electrons. The predicted octanol–water partition coefficient (Wildman–Crippen LogP) is 2.67. The van der Waals surface area contributed by atoms with E-state index in [2.05, 4.69) is 20.9 Å². The quantitative estimate of drug-likeness (QED) is 0.854. The maximum absolute atomic E-state index is 10.5. The summed E-state index contributed by atoms with van der Waals surface area (Å²) in [5.74, 6) is 0. The maximum atomic E-state index is 10.5. The van der Waals surface area contributed by atoms with E-state index in [0.717, 1.165) is 4.90 Å². The molecule has 1 rings (SSSR count). The van der Waals surface area contributed by atoms with E-state index >= 15 is 0 Å². The molecule has 4 nitrogen and oxygen atoms in total. The number of hydrogen-bond acceptors (Lipinski definition) is 3. The van der Waals surface area contributed by atoms with E-state index < -0.39 is 6.09 Å². The van der Waals surface area contributed by atoms with E-state index in [-0.39, 0.29) is 5.15 Å². The van der Waals surface area contributed by atoms with E-state index in [0.29, 0.717) is 8.92 Å². The molecule has 0 fully saturated rings. The molecular formula is C5H4BrClN2O2S. The van der Waals surface area contributed by atoms with Crippen molar-refractivity contribution >= 4 is 50.0 Å². The summed E-state index contributed by atoms with van der Waals surface area (Å²) in [4.78, 5) is 15.3.